The minimum Gasteiger partial charge on any atom is -0.493 e. The molecule has 1 aromatic heterocycles. The first-order valence-corrected chi connectivity index (χ1v) is 6.74. The monoisotopic (exact) mass is 300 g/mol. The molecule has 1 aliphatic heterocycles. The maximum absolute atomic E-state index is 12.5. The zero-order chi connectivity index (χ0) is 15.7. The van der Waals surface area contributed by atoms with Gasteiger partial charge in [0.15, 0.2) is 11.5 Å². The van der Waals surface area contributed by atoms with Crippen molar-refractivity contribution in [3.05, 3.63) is 41.7 Å². The van der Waals surface area contributed by atoms with E-state index >= 15 is 0 Å². The third-order valence-corrected chi connectivity index (χ3v) is 3.68. The molecule has 3 rings (SSSR count). The Bertz CT molecular complexity index is 705. The molecule has 2 heterocycles. The molecule has 1 aliphatic rings. The van der Waals surface area contributed by atoms with Crippen molar-refractivity contribution >= 4 is 11.6 Å². The highest BCUT2D eigenvalue weighted by Crippen LogP contribution is 2.42. The number of fused-ring (bicyclic) bond motifs is 1. The maximum atomic E-state index is 12.5. The largest absolute Gasteiger partial charge is 0.493 e. The van der Waals surface area contributed by atoms with Gasteiger partial charge in [-0.05, 0) is 11.6 Å². The van der Waals surface area contributed by atoms with Gasteiger partial charge in [-0.1, -0.05) is 0 Å². The number of hydrogen-bond acceptors (Lipinski definition) is 5. The van der Waals surface area contributed by atoms with Gasteiger partial charge >= 0.3 is 0 Å². The third-order valence-electron chi connectivity index (χ3n) is 3.68. The van der Waals surface area contributed by atoms with Gasteiger partial charge in [0.25, 0.3) is 5.91 Å². The van der Waals surface area contributed by atoms with Gasteiger partial charge in [-0.15, -0.1) is 0 Å². The summed E-state index contributed by atoms with van der Waals surface area (Å²) in [6.45, 7) is 0.495. The lowest BCUT2D eigenvalue weighted by atomic mass is 10.2. The van der Waals surface area contributed by atoms with Crippen molar-refractivity contribution in [2.24, 2.45) is 0 Å². The van der Waals surface area contributed by atoms with Crippen LogP contribution in [-0.2, 0) is 6.54 Å². The molecule has 1 amide bonds. The molecule has 114 valence electrons. The molecule has 0 spiro atoms. The zero-order valence-electron chi connectivity index (χ0n) is 12.6. The van der Waals surface area contributed by atoms with Crippen LogP contribution in [0.1, 0.15) is 15.9 Å². The van der Waals surface area contributed by atoms with E-state index in [0.29, 0.717) is 35.0 Å². The first kappa shape index (κ1) is 14.2. The van der Waals surface area contributed by atoms with E-state index in [1.165, 1.54) is 0 Å². The zero-order valence-corrected chi connectivity index (χ0v) is 12.6. The van der Waals surface area contributed by atoms with Gasteiger partial charge in [0.2, 0.25) is 5.75 Å². The van der Waals surface area contributed by atoms with Gasteiger partial charge < -0.3 is 19.1 Å². The van der Waals surface area contributed by atoms with Crippen molar-refractivity contribution in [1.82, 2.24) is 4.98 Å². The number of anilines is 1. The fraction of sp³-hybridized carbons (Fsp3) is 0.250. The van der Waals surface area contributed by atoms with E-state index in [-0.39, 0.29) is 5.91 Å². The summed E-state index contributed by atoms with van der Waals surface area (Å²) in [5.74, 6) is 1.44. The number of carbonyl (C=O) groups is 1. The Morgan fingerprint density at radius 1 is 1.09 bits per heavy atom. The summed E-state index contributed by atoms with van der Waals surface area (Å²) in [7, 11) is 4.64. The van der Waals surface area contributed by atoms with Crippen LogP contribution in [-0.4, -0.2) is 32.2 Å². The molecular weight excluding hydrogens is 284 g/mol. The minimum absolute atomic E-state index is 0.0858. The quantitative estimate of drug-likeness (QED) is 0.867. The van der Waals surface area contributed by atoms with E-state index in [1.807, 2.05) is 6.07 Å². The number of pyridine rings is 1. The van der Waals surface area contributed by atoms with Crippen molar-refractivity contribution < 1.29 is 19.0 Å². The number of carbonyl (C=O) groups excluding carboxylic acids is 1. The predicted octanol–water partition coefficient (Wildman–Crippen LogP) is 2.27. The Morgan fingerprint density at radius 3 is 2.32 bits per heavy atom. The molecule has 0 saturated heterocycles. The van der Waals surface area contributed by atoms with Crippen molar-refractivity contribution in [3.63, 3.8) is 0 Å². The highest BCUT2D eigenvalue weighted by molar-refractivity contribution is 6.10. The number of nitrogens with zero attached hydrogens (tertiary/aromatic N) is 2. The topological polar surface area (TPSA) is 60.9 Å². The van der Waals surface area contributed by atoms with Crippen LogP contribution in [0.5, 0.6) is 17.2 Å². The van der Waals surface area contributed by atoms with Gasteiger partial charge in [-0.25, -0.2) is 0 Å². The van der Waals surface area contributed by atoms with Gasteiger partial charge in [-0.2, -0.15) is 0 Å². The van der Waals surface area contributed by atoms with Crippen molar-refractivity contribution in [2.75, 3.05) is 26.2 Å². The highest BCUT2D eigenvalue weighted by atomic mass is 16.5. The summed E-state index contributed by atoms with van der Waals surface area (Å²) in [5.41, 5.74) is 2.26. The van der Waals surface area contributed by atoms with Crippen LogP contribution in [0, 0.1) is 0 Å². The number of amides is 1. The average molecular weight is 300 g/mol. The second kappa shape index (κ2) is 5.55. The van der Waals surface area contributed by atoms with Crippen LogP contribution < -0.4 is 19.1 Å². The number of benzene rings is 1. The van der Waals surface area contributed by atoms with Crippen LogP contribution in [0.25, 0.3) is 0 Å². The molecule has 0 radical (unpaired) electrons. The normalized spacial score (nSPS) is 13.0. The van der Waals surface area contributed by atoms with E-state index < -0.39 is 0 Å². The second-order valence-electron chi connectivity index (χ2n) is 4.81. The van der Waals surface area contributed by atoms with E-state index in [4.69, 9.17) is 14.2 Å². The molecule has 0 aliphatic carbocycles. The SMILES string of the molecule is COc1cc(N2Cc3ccncc3C2=O)cc(OC)c1OC. The summed E-state index contributed by atoms with van der Waals surface area (Å²) in [4.78, 5) is 18.2. The molecular formula is C16H16N2O4. The molecule has 6 nitrogen and oxygen atoms in total. The first-order valence-electron chi connectivity index (χ1n) is 6.74. The van der Waals surface area contributed by atoms with Crippen LogP contribution in [0.4, 0.5) is 5.69 Å². The van der Waals surface area contributed by atoms with E-state index in [0.717, 1.165) is 5.56 Å². The van der Waals surface area contributed by atoms with E-state index in [2.05, 4.69) is 4.98 Å². The molecule has 0 unspecified atom stereocenters. The number of methoxy groups -OCH3 is 3. The fourth-order valence-electron chi connectivity index (χ4n) is 2.57. The lowest BCUT2D eigenvalue weighted by molar-refractivity contribution is 0.0996. The van der Waals surface area contributed by atoms with Crippen LogP contribution in [0.2, 0.25) is 0 Å². The standard InChI is InChI=1S/C16H16N2O4/c1-20-13-6-11(7-14(21-2)15(13)22-3)18-9-10-4-5-17-8-12(10)16(18)19/h4-8H,9H2,1-3H3. The molecule has 1 aromatic carbocycles. The van der Waals surface area contributed by atoms with Crippen molar-refractivity contribution in [3.8, 4) is 17.2 Å². The smallest absolute Gasteiger partial charge is 0.260 e. The lowest BCUT2D eigenvalue weighted by Gasteiger charge is -2.20. The molecule has 0 fully saturated rings. The van der Waals surface area contributed by atoms with Gasteiger partial charge in [0, 0.05) is 24.5 Å². The van der Waals surface area contributed by atoms with Crippen molar-refractivity contribution in [2.45, 2.75) is 6.54 Å². The minimum atomic E-state index is -0.0858. The molecule has 0 atom stereocenters. The number of hydrogen-bond donors (Lipinski definition) is 0. The summed E-state index contributed by atoms with van der Waals surface area (Å²) >= 11 is 0. The third kappa shape index (κ3) is 2.13. The Labute approximate surface area is 128 Å². The first-order chi connectivity index (χ1) is 10.7. The summed E-state index contributed by atoms with van der Waals surface area (Å²) in [5, 5.41) is 0. The van der Waals surface area contributed by atoms with Gasteiger partial charge in [0.1, 0.15) is 0 Å². The average Bonchev–Trinajstić information content (AvgIpc) is 2.90. The molecule has 2 aromatic rings. The lowest BCUT2D eigenvalue weighted by Crippen LogP contribution is -2.23. The Kier molecular flexibility index (Phi) is 3.58. The van der Waals surface area contributed by atoms with Gasteiger partial charge in [0.05, 0.1) is 39.1 Å². The predicted molar refractivity (Wildman–Crippen MR) is 80.8 cm³/mol. The molecule has 0 bridgehead atoms. The van der Waals surface area contributed by atoms with E-state index in [1.54, 1.807) is 50.8 Å². The van der Waals surface area contributed by atoms with E-state index in [9.17, 15) is 4.79 Å². The number of ether oxygens (including phenoxy) is 3. The van der Waals surface area contributed by atoms with Crippen LogP contribution >= 0.6 is 0 Å². The fourth-order valence-corrected chi connectivity index (χ4v) is 2.57. The summed E-state index contributed by atoms with van der Waals surface area (Å²) in [6.07, 6.45) is 3.28. The Balaban J connectivity index is 2.05. The maximum Gasteiger partial charge on any atom is 0.260 e. The second-order valence-corrected chi connectivity index (χ2v) is 4.81. The number of aromatic nitrogens is 1. The summed E-state index contributed by atoms with van der Waals surface area (Å²) in [6, 6.07) is 5.38. The Hall–Kier alpha value is -2.76. The molecule has 22 heavy (non-hydrogen) atoms. The Morgan fingerprint density at radius 2 is 1.77 bits per heavy atom. The molecule has 6 heteroatoms. The van der Waals surface area contributed by atoms with Gasteiger partial charge in [-0.3, -0.25) is 9.78 Å². The highest BCUT2D eigenvalue weighted by Gasteiger charge is 2.30. The molecule has 0 saturated carbocycles. The summed E-state index contributed by atoms with van der Waals surface area (Å²) < 4.78 is 16.0. The number of rotatable bonds is 4. The van der Waals surface area contributed by atoms with Crippen LogP contribution in [0.3, 0.4) is 0 Å². The van der Waals surface area contributed by atoms with Crippen LogP contribution in [0.15, 0.2) is 30.6 Å². The molecule has 0 N–H and O–H groups in total. The van der Waals surface area contributed by atoms with Crippen molar-refractivity contribution in [1.29, 1.82) is 0 Å².